The van der Waals surface area contributed by atoms with E-state index in [1.54, 1.807) is 0 Å². The van der Waals surface area contributed by atoms with E-state index in [0.29, 0.717) is 5.69 Å². The van der Waals surface area contributed by atoms with E-state index in [9.17, 15) is 18.4 Å². The predicted molar refractivity (Wildman–Crippen MR) is 108 cm³/mol. The van der Waals surface area contributed by atoms with Crippen LogP contribution in [0.25, 0.3) is 10.9 Å². The highest BCUT2D eigenvalue weighted by Crippen LogP contribution is 2.28. The Morgan fingerprint density at radius 1 is 1.14 bits per heavy atom. The highest BCUT2D eigenvalue weighted by molar-refractivity contribution is 6.13. The summed E-state index contributed by atoms with van der Waals surface area (Å²) in [6.45, 7) is 3.27. The van der Waals surface area contributed by atoms with Gasteiger partial charge in [-0.1, -0.05) is 6.92 Å². The molecule has 0 spiro atoms. The second kappa shape index (κ2) is 7.66. The first kappa shape index (κ1) is 19.1. The number of anilines is 2. The first-order valence-electron chi connectivity index (χ1n) is 9.63. The first-order valence-corrected chi connectivity index (χ1v) is 9.63. The third kappa shape index (κ3) is 3.72. The fraction of sp³-hybridized carbons (Fsp3) is 0.273. The molecule has 5 nitrogen and oxygen atoms in total. The molecule has 150 valence electrons. The SMILES string of the molecule is CCCn1ccc2cc(NC(=O)C3CCN(c4cc(F)cc(F)c4)C3=O)ccc21. The van der Waals surface area contributed by atoms with E-state index in [1.807, 2.05) is 30.5 Å². The molecule has 0 radical (unpaired) electrons. The lowest BCUT2D eigenvalue weighted by atomic mass is 10.1. The van der Waals surface area contributed by atoms with Crippen LogP contribution in [0.15, 0.2) is 48.7 Å². The Balaban J connectivity index is 1.49. The monoisotopic (exact) mass is 397 g/mol. The molecule has 1 atom stereocenters. The Hall–Kier alpha value is -3.22. The van der Waals surface area contributed by atoms with Gasteiger partial charge in [0.1, 0.15) is 17.6 Å². The normalized spacial score (nSPS) is 16.6. The van der Waals surface area contributed by atoms with Crippen LogP contribution in [0.3, 0.4) is 0 Å². The van der Waals surface area contributed by atoms with Gasteiger partial charge in [0.05, 0.1) is 0 Å². The molecule has 2 aromatic carbocycles. The molecule has 7 heteroatoms. The second-order valence-corrected chi connectivity index (χ2v) is 7.23. The van der Waals surface area contributed by atoms with Crippen molar-refractivity contribution in [3.05, 3.63) is 60.3 Å². The standard InChI is InChI=1S/C22H21F2N3O2/c1-2-7-26-8-5-14-10-17(3-4-20(14)26)25-21(28)19-6-9-27(22(19)29)18-12-15(23)11-16(24)13-18/h3-5,8,10-13,19H,2,6-7,9H2,1H3,(H,25,28). The minimum atomic E-state index is -0.887. The van der Waals surface area contributed by atoms with Crippen molar-refractivity contribution in [1.82, 2.24) is 4.57 Å². The number of rotatable bonds is 5. The number of aromatic nitrogens is 1. The lowest BCUT2D eigenvalue weighted by molar-refractivity contribution is -0.129. The van der Waals surface area contributed by atoms with Crippen LogP contribution >= 0.6 is 0 Å². The molecular weight excluding hydrogens is 376 g/mol. The molecule has 3 aromatic rings. The zero-order valence-electron chi connectivity index (χ0n) is 16.0. The van der Waals surface area contributed by atoms with E-state index in [2.05, 4.69) is 16.8 Å². The molecule has 1 aliphatic rings. The van der Waals surface area contributed by atoms with E-state index in [1.165, 1.54) is 4.90 Å². The number of nitrogens with one attached hydrogen (secondary N) is 1. The van der Waals surface area contributed by atoms with Crippen LogP contribution in [-0.2, 0) is 16.1 Å². The van der Waals surface area contributed by atoms with Gasteiger partial charge in [-0.3, -0.25) is 9.59 Å². The summed E-state index contributed by atoms with van der Waals surface area (Å²) in [7, 11) is 0. The molecule has 1 saturated heterocycles. The van der Waals surface area contributed by atoms with Crippen LogP contribution in [0.1, 0.15) is 19.8 Å². The summed E-state index contributed by atoms with van der Waals surface area (Å²) in [5.74, 6) is -3.28. The smallest absolute Gasteiger partial charge is 0.239 e. The Labute approximate surface area is 166 Å². The minimum Gasteiger partial charge on any atom is -0.347 e. The van der Waals surface area contributed by atoms with Crippen LogP contribution in [0.2, 0.25) is 0 Å². The predicted octanol–water partition coefficient (Wildman–Crippen LogP) is 4.32. The molecule has 4 rings (SSSR count). The van der Waals surface area contributed by atoms with E-state index in [0.717, 1.165) is 42.1 Å². The number of hydrogen-bond acceptors (Lipinski definition) is 2. The van der Waals surface area contributed by atoms with Gasteiger partial charge in [-0.15, -0.1) is 0 Å². The van der Waals surface area contributed by atoms with Gasteiger partial charge in [0.2, 0.25) is 11.8 Å². The average molecular weight is 397 g/mol. The number of amides is 2. The Morgan fingerprint density at radius 2 is 1.90 bits per heavy atom. The van der Waals surface area contributed by atoms with E-state index in [-0.39, 0.29) is 18.7 Å². The van der Waals surface area contributed by atoms with Crippen molar-refractivity contribution in [3.8, 4) is 0 Å². The minimum absolute atomic E-state index is 0.126. The highest BCUT2D eigenvalue weighted by Gasteiger charge is 2.38. The van der Waals surface area contributed by atoms with Gasteiger partial charge < -0.3 is 14.8 Å². The summed E-state index contributed by atoms with van der Waals surface area (Å²) in [6.07, 6.45) is 3.33. The van der Waals surface area contributed by atoms with E-state index in [4.69, 9.17) is 0 Å². The molecule has 1 unspecified atom stereocenters. The van der Waals surface area contributed by atoms with E-state index < -0.39 is 29.4 Å². The zero-order valence-corrected chi connectivity index (χ0v) is 16.0. The molecule has 0 saturated carbocycles. The Morgan fingerprint density at radius 3 is 2.62 bits per heavy atom. The van der Waals surface area contributed by atoms with Gasteiger partial charge in [-0.2, -0.15) is 0 Å². The number of aryl methyl sites for hydroxylation is 1. The molecule has 29 heavy (non-hydrogen) atoms. The van der Waals surface area contributed by atoms with Crippen LogP contribution in [0.4, 0.5) is 20.2 Å². The Bertz CT molecular complexity index is 1070. The molecular formula is C22H21F2N3O2. The number of hydrogen-bond donors (Lipinski definition) is 1. The highest BCUT2D eigenvalue weighted by atomic mass is 19.1. The van der Waals surface area contributed by atoms with Gasteiger partial charge in [0.25, 0.3) is 0 Å². The molecule has 1 fully saturated rings. The third-order valence-electron chi connectivity index (χ3n) is 5.18. The fourth-order valence-electron chi connectivity index (χ4n) is 3.82. The number of fused-ring (bicyclic) bond motifs is 1. The molecule has 2 amide bonds. The summed E-state index contributed by atoms with van der Waals surface area (Å²) in [6, 6.07) is 10.6. The number of carbonyl (C=O) groups is 2. The molecule has 2 heterocycles. The van der Waals surface area contributed by atoms with Crippen molar-refractivity contribution in [2.24, 2.45) is 5.92 Å². The van der Waals surface area contributed by atoms with Crippen molar-refractivity contribution >= 4 is 34.1 Å². The maximum atomic E-state index is 13.5. The number of nitrogens with zero attached hydrogens (tertiary/aromatic N) is 2. The molecule has 1 aliphatic heterocycles. The van der Waals surface area contributed by atoms with Gasteiger partial charge in [-0.25, -0.2) is 8.78 Å². The largest absolute Gasteiger partial charge is 0.347 e. The van der Waals surface area contributed by atoms with Crippen LogP contribution in [0, 0.1) is 17.6 Å². The van der Waals surface area contributed by atoms with Crippen molar-refractivity contribution in [2.75, 3.05) is 16.8 Å². The summed E-state index contributed by atoms with van der Waals surface area (Å²) in [4.78, 5) is 26.6. The van der Waals surface area contributed by atoms with Crippen LogP contribution in [0.5, 0.6) is 0 Å². The van der Waals surface area contributed by atoms with Crippen molar-refractivity contribution in [1.29, 1.82) is 0 Å². The van der Waals surface area contributed by atoms with Gasteiger partial charge in [0.15, 0.2) is 0 Å². The van der Waals surface area contributed by atoms with Crippen molar-refractivity contribution in [3.63, 3.8) is 0 Å². The van der Waals surface area contributed by atoms with Crippen LogP contribution in [-0.4, -0.2) is 22.9 Å². The summed E-state index contributed by atoms with van der Waals surface area (Å²) >= 11 is 0. The Kier molecular flexibility index (Phi) is 5.05. The summed E-state index contributed by atoms with van der Waals surface area (Å²) < 4.78 is 29.1. The molecule has 1 N–H and O–H groups in total. The topological polar surface area (TPSA) is 54.3 Å². The van der Waals surface area contributed by atoms with E-state index >= 15 is 0 Å². The van der Waals surface area contributed by atoms with Crippen molar-refractivity contribution in [2.45, 2.75) is 26.3 Å². The average Bonchev–Trinajstić information content (AvgIpc) is 3.24. The maximum absolute atomic E-state index is 13.5. The molecule has 0 bridgehead atoms. The fourth-order valence-corrected chi connectivity index (χ4v) is 3.82. The lowest BCUT2D eigenvalue weighted by Gasteiger charge is -2.17. The summed E-state index contributed by atoms with van der Waals surface area (Å²) in [5.41, 5.74) is 1.82. The number of halogens is 2. The number of benzene rings is 2. The van der Waals surface area contributed by atoms with Gasteiger partial charge in [-0.05, 0) is 49.2 Å². The lowest BCUT2D eigenvalue weighted by Crippen LogP contribution is -2.33. The first-order chi connectivity index (χ1) is 14.0. The van der Waals surface area contributed by atoms with Gasteiger partial charge in [0, 0.05) is 47.6 Å². The number of carbonyl (C=O) groups excluding carboxylic acids is 2. The zero-order chi connectivity index (χ0) is 20.5. The summed E-state index contributed by atoms with van der Waals surface area (Å²) in [5, 5.41) is 3.80. The second-order valence-electron chi connectivity index (χ2n) is 7.23. The maximum Gasteiger partial charge on any atom is 0.239 e. The van der Waals surface area contributed by atoms with Gasteiger partial charge >= 0.3 is 0 Å². The molecule has 1 aromatic heterocycles. The third-order valence-corrected chi connectivity index (χ3v) is 5.18. The molecule has 0 aliphatic carbocycles. The van der Waals surface area contributed by atoms with Crippen molar-refractivity contribution < 1.29 is 18.4 Å². The quantitative estimate of drug-likeness (QED) is 0.652. The van der Waals surface area contributed by atoms with Crippen LogP contribution < -0.4 is 10.2 Å².